The van der Waals surface area contributed by atoms with E-state index in [1.165, 1.54) is 4.57 Å². The van der Waals surface area contributed by atoms with Crippen LogP contribution in [-0.4, -0.2) is 56.5 Å². The van der Waals surface area contributed by atoms with E-state index in [0.29, 0.717) is 42.9 Å². The number of fused-ring (bicyclic) bond motifs is 1. The molecule has 3 heterocycles. The van der Waals surface area contributed by atoms with Gasteiger partial charge in [0.05, 0.1) is 11.2 Å². The molecule has 0 unspecified atom stereocenters. The summed E-state index contributed by atoms with van der Waals surface area (Å²) in [5.41, 5.74) is 4.27. The highest BCUT2D eigenvalue weighted by Crippen LogP contribution is 2.40. The van der Waals surface area contributed by atoms with Crippen molar-refractivity contribution in [1.82, 2.24) is 14.5 Å². The molecule has 0 spiro atoms. The molecular formula is C29H37N3O5. The van der Waals surface area contributed by atoms with Gasteiger partial charge in [0.2, 0.25) is 0 Å². The first-order valence-electron chi connectivity index (χ1n) is 12.9. The van der Waals surface area contributed by atoms with Crippen LogP contribution in [-0.2, 0) is 4.74 Å². The maximum atomic E-state index is 12.5. The Kier molecular flexibility index (Phi) is 7.22. The number of carbonyl (C=O) groups excluding carboxylic acids is 1. The molecule has 8 heteroatoms. The lowest BCUT2D eigenvalue weighted by molar-refractivity contribution is 0.0126. The quantitative estimate of drug-likeness (QED) is 0.420. The van der Waals surface area contributed by atoms with Crippen LogP contribution in [0.25, 0.3) is 22.2 Å². The Labute approximate surface area is 218 Å². The Morgan fingerprint density at radius 2 is 1.68 bits per heavy atom. The van der Waals surface area contributed by atoms with E-state index in [1.807, 2.05) is 65.0 Å². The summed E-state index contributed by atoms with van der Waals surface area (Å²) in [5, 5.41) is 11.1. The predicted octanol–water partition coefficient (Wildman–Crippen LogP) is 6.75. The van der Waals surface area contributed by atoms with Crippen molar-refractivity contribution in [3.05, 3.63) is 47.3 Å². The Hall–Kier alpha value is -3.55. The Balaban J connectivity index is 1.65. The van der Waals surface area contributed by atoms with Crippen LogP contribution in [0.4, 0.5) is 9.59 Å². The van der Waals surface area contributed by atoms with Gasteiger partial charge < -0.3 is 19.5 Å². The average molecular weight is 508 g/mol. The number of amides is 1. The zero-order valence-electron chi connectivity index (χ0n) is 22.8. The molecular weight excluding hydrogens is 470 g/mol. The lowest BCUT2D eigenvalue weighted by Gasteiger charge is -2.33. The maximum Gasteiger partial charge on any atom is 0.416 e. The second-order valence-corrected chi connectivity index (χ2v) is 11.1. The van der Waals surface area contributed by atoms with Gasteiger partial charge in [0.1, 0.15) is 17.5 Å². The maximum absolute atomic E-state index is 12.5. The summed E-state index contributed by atoms with van der Waals surface area (Å²) in [7, 11) is 0. The lowest BCUT2D eigenvalue weighted by Crippen LogP contribution is -2.44. The van der Waals surface area contributed by atoms with Crippen LogP contribution in [0.1, 0.15) is 70.3 Å². The minimum atomic E-state index is -1.03. The van der Waals surface area contributed by atoms with Gasteiger partial charge in [-0.25, -0.2) is 14.2 Å². The Morgan fingerprint density at radius 1 is 1.05 bits per heavy atom. The van der Waals surface area contributed by atoms with Crippen molar-refractivity contribution in [3.8, 4) is 17.0 Å². The highest BCUT2D eigenvalue weighted by atomic mass is 16.6. The van der Waals surface area contributed by atoms with E-state index in [4.69, 9.17) is 9.47 Å². The summed E-state index contributed by atoms with van der Waals surface area (Å²) in [6.07, 6.45) is 0.0433. The van der Waals surface area contributed by atoms with E-state index < -0.39 is 11.7 Å². The molecule has 0 bridgehead atoms. The smallest absolute Gasteiger partial charge is 0.416 e. The van der Waals surface area contributed by atoms with Crippen molar-refractivity contribution in [2.24, 2.45) is 0 Å². The highest BCUT2D eigenvalue weighted by molar-refractivity contribution is 6.00. The number of ether oxygens (including phenoxy) is 2. The summed E-state index contributed by atoms with van der Waals surface area (Å²) in [4.78, 5) is 31.0. The van der Waals surface area contributed by atoms with Crippen LogP contribution >= 0.6 is 0 Å². The van der Waals surface area contributed by atoms with Gasteiger partial charge in [0, 0.05) is 48.3 Å². The number of carboxylic acid groups (broad SMARTS) is 1. The third-order valence-electron chi connectivity index (χ3n) is 6.50. The van der Waals surface area contributed by atoms with Crippen LogP contribution in [0, 0.1) is 13.8 Å². The van der Waals surface area contributed by atoms with Gasteiger partial charge in [-0.1, -0.05) is 13.8 Å². The molecule has 8 nitrogen and oxygen atoms in total. The van der Waals surface area contributed by atoms with Crippen molar-refractivity contribution in [3.63, 3.8) is 0 Å². The van der Waals surface area contributed by atoms with E-state index in [0.717, 1.165) is 27.9 Å². The third kappa shape index (κ3) is 5.73. The first-order valence-corrected chi connectivity index (χ1v) is 12.9. The van der Waals surface area contributed by atoms with Crippen molar-refractivity contribution in [1.29, 1.82) is 0 Å². The fourth-order valence-corrected chi connectivity index (χ4v) is 5.08. The fraction of sp³-hybridized carbons (Fsp3) is 0.483. The van der Waals surface area contributed by atoms with Crippen molar-refractivity contribution in [2.45, 2.75) is 78.9 Å². The fourth-order valence-electron chi connectivity index (χ4n) is 5.08. The zero-order chi connectivity index (χ0) is 27.1. The van der Waals surface area contributed by atoms with Crippen LogP contribution in [0.15, 0.2) is 30.3 Å². The van der Waals surface area contributed by atoms with Gasteiger partial charge in [-0.3, -0.25) is 4.98 Å². The number of piperidine rings is 1. The average Bonchev–Trinajstić information content (AvgIpc) is 3.13. The molecule has 1 N–H and O–H groups in total. The molecule has 4 rings (SSSR count). The molecule has 3 aromatic rings. The molecule has 1 saturated heterocycles. The number of aryl methyl sites for hydroxylation is 2. The van der Waals surface area contributed by atoms with E-state index in [-0.39, 0.29) is 18.1 Å². The zero-order valence-corrected chi connectivity index (χ0v) is 22.8. The number of pyridine rings is 1. The Bertz CT molecular complexity index is 1310. The number of rotatable bonds is 4. The van der Waals surface area contributed by atoms with Gasteiger partial charge in [0.25, 0.3) is 0 Å². The minimum Gasteiger partial charge on any atom is -0.490 e. The number of carbonyl (C=O) groups is 2. The number of hydrogen-bond donors (Lipinski definition) is 1. The van der Waals surface area contributed by atoms with Gasteiger partial charge in [-0.15, -0.1) is 0 Å². The van der Waals surface area contributed by atoms with E-state index >= 15 is 0 Å². The SMILES string of the molecule is Cc1cc(-c2c(C(C)C)c3cc(OC4CCN(C(=O)OC(C)(C)C)CC4)ccc3n2C(=O)O)cc(C)n1. The van der Waals surface area contributed by atoms with E-state index in [9.17, 15) is 14.7 Å². The summed E-state index contributed by atoms with van der Waals surface area (Å²) >= 11 is 0. The van der Waals surface area contributed by atoms with Gasteiger partial charge >= 0.3 is 12.2 Å². The summed E-state index contributed by atoms with van der Waals surface area (Å²) in [6.45, 7) is 14.7. The molecule has 0 saturated carbocycles. The van der Waals surface area contributed by atoms with E-state index in [1.54, 1.807) is 4.90 Å². The van der Waals surface area contributed by atoms with Crippen LogP contribution in [0.5, 0.6) is 5.75 Å². The van der Waals surface area contributed by atoms with Gasteiger partial charge in [-0.2, -0.15) is 0 Å². The van der Waals surface area contributed by atoms with Gasteiger partial charge in [-0.05, 0) is 76.4 Å². The molecule has 1 amide bonds. The Morgan fingerprint density at radius 3 is 2.22 bits per heavy atom. The van der Waals surface area contributed by atoms with Crippen molar-refractivity contribution < 1.29 is 24.2 Å². The van der Waals surface area contributed by atoms with Gasteiger partial charge in [0.15, 0.2) is 0 Å². The number of benzene rings is 1. The topological polar surface area (TPSA) is 93.9 Å². The first-order chi connectivity index (χ1) is 17.3. The number of hydrogen-bond acceptors (Lipinski definition) is 5. The lowest BCUT2D eigenvalue weighted by atomic mass is 9.95. The molecule has 1 fully saturated rings. The second kappa shape index (κ2) is 10.1. The number of likely N-dealkylation sites (tertiary alicyclic amines) is 1. The predicted molar refractivity (Wildman–Crippen MR) is 144 cm³/mol. The first kappa shape index (κ1) is 26.5. The van der Waals surface area contributed by atoms with Crippen LogP contribution in [0.2, 0.25) is 0 Å². The second-order valence-electron chi connectivity index (χ2n) is 11.1. The van der Waals surface area contributed by atoms with Crippen molar-refractivity contribution >= 4 is 23.1 Å². The normalized spacial score (nSPS) is 14.9. The summed E-state index contributed by atoms with van der Waals surface area (Å²) in [5.74, 6) is 0.778. The third-order valence-corrected chi connectivity index (χ3v) is 6.50. The molecule has 1 aromatic carbocycles. The van der Waals surface area contributed by atoms with E-state index in [2.05, 4.69) is 18.8 Å². The van der Waals surface area contributed by atoms with Crippen molar-refractivity contribution in [2.75, 3.05) is 13.1 Å². The summed E-state index contributed by atoms with van der Waals surface area (Å²) < 4.78 is 13.2. The number of nitrogens with zero attached hydrogens (tertiary/aromatic N) is 3. The molecule has 1 aliphatic rings. The molecule has 2 aromatic heterocycles. The molecule has 198 valence electrons. The monoisotopic (exact) mass is 507 g/mol. The molecule has 1 aliphatic heterocycles. The van der Waals surface area contributed by atoms with Crippen LogP contribution < -0.4 is 4.74 Å². The molecule has 0 radical (unpaired) electrons. The number of aromatic nitrogens is 2. The summed E-state index contributed by atoms with van der Waals surface area (Å²) in [6, 6.07) is 9.48. The van der Waals surface area contributed by atoms with Crippen LogP contribution in [0.3, 0.4) is 0 Å². The minimum absolute atomic E-state index is 0.0369. The largest absolute Gasteiger partial charge is 0.490 e. The molecule has 0 atom stereocenters. The highest BCUT2D eigenvalue weighted by Gasteiger charge is 2.29. The molecule has 0 aliphatic carbocycles. The molecule has 37 heavy (non-hydrogen) atoms. The standard InChI is InChI=1S/C29H37N3O5/c1-17(2)25-23-16-22(36-21-10-12-31(13-11-21)28(35)37-29(5,6)7)8-9-24(23)32(27(33)34)26(25)20-14-18(3)30-19(4)15-20/h8-9,14-17,21H,10-13H2,1-7H3,(H,33,34).